The minimum absolute atomic E-state index is 0.0721. The first-order valence-corrected chi connectivity index (χ1v) is 11.4. The highest BCUT2D eigenvalue weighted by molar-refractivity contribution is 5.91. The minimum atomic E-state index is -0.162. The summed E-state index contributed by atoms with van der Waals surface area (Å²) in [6, 6.07) is 10.9. The van der Waals surface area contributed by atoms with Crippen LogP contribution in [0.1, 0.15) is 64.4 Å². The highest BCUT2D eigenvalue weighted by Gasteiger charge is 2.61. The molecular formula is C26H34O2. The number of benzene rings is 1. The third-order valence-corrected chi connectivity index (χ3v) is 9.39. The van der Waals surface area contributed by atoms with Gasteiger partial charge in [-0.05, 0) is 91.1 Å². The fourth-order valence-electron chi connectivity index (χ4n) is 7.94. The summed E-state index contributed by atoms with van der Waals surface area (Å²) in [5.41, 5.74) is 3.13. The third kappa shape index (κ3) is 2.67. The van der Waals surface area contributed by atoms with E-state index in [4.69, 9.17) is 0 Å². The van der Waals surface area contributed by atoms with Gasteiger partial charge in [-0.1, -0.05) is 49.8 Å². The molecule has 150 valence electrons. The van der Waals surface area contributed by atoms with Crippen molar-refractivity contribution >= 4 is 5.78 Å². The van der Waals surface area contributed by atoms with Crippen LogP contribution in [0.15, 0.2) is 42.0 Å². The van der Waals surface area contributed by atoms with Gasteiger partial charge < -0.3 is 5.11 Å². The van der Waals surface area contributed by atoms with Crippen molar-refractivity contribution in [2.75, 3.05) is 0 Å². The monoisotopic (exact) mass is 378 g/mol. The second-order valence-electron chi connectivity index (χ2n) is 10.6. The van der Waals surface area contributed by atoms with Gasteiger partial charge in [-0.15, -0.1) is 0 Å². The first-order valence-electron chi connectivity index (χ1n) is 11.4. The molecule has 1 unspecified atom stereocenters. The van der Waals surface area contributed by atoms with E-state index in [1.807, 2.05) is 6.08 Å². The standard InChI is InChI=1S/C26H34O2/c1-25-12-10-20(27)16-19(25)8-9-21-22(25)11-13-26(2)23(28)15-18(24(21)26)14-17-6-4-3-5-7-17/h3-7,16,18,21-24,28H,8-15H2,1-2H3/t18?,21-,22+,23+,24+,25+,26-/m1/s1. The molecule has 1 aromatic carbocycles. The average Bonchev–Trinajstić information content (AvgIpc) is 2.93. The Balaban J connectivity index is 1.48. The zero-order valence-electron chi connectivity index (χ0n) is 17.4. The van der Waals surface area contributed by atoms with Crippen molar-refractivity contribution in [2.45, 2.75) is 71.3 Å². The number of hydrogen-bond donors (Lipinski definition) is 1. The van der Waals surface area contributed by atoms with Gasteiger partial charge in [0.15, 0.2) is 5.78 Å². The lowest BCUT2D eigenvalue weighted by atomic mass is 9.46. The van der Waals surface area contributed by atoms with Crippen LogP contribution in [-0.2, 0) is 11.2 Å². The summed E-state index contributed by atoms with van der Waals surface area (Å²) in [4.78, 5) is 12.0. The second-order valence-corrected chi connectivity index (χ2v) is 10.6. The number of rotatable bonds is 2. The van der Waals surface area contributed by atoms with Crippen LogP contribution in [0.5, 0.6) is 0 Å². The lowest BCUT2D eigenvalue weighted by Crippen LogP contribution is -2.52. The van der Waals surface area contributed by atoms with Gasteiger partial charge in [-0.25, -0.2) is 0 Å². The van der Waals surface area contributed by atoms with E-state index >= 15 is 0 Å². The van der Waals surface area contributed by atoms with Crippen molar-refractivity contribution in [3.8, 4) is 0 Å². The number of carbonyl (C=O) groups is 1. The highest BCUT2D eigenvalue weighted by atomic mass is 16.3. The maximum Gasteiger partial charge on any atom is 0.155 e. The molecule has 2 heteroatoms. The highest BCUT2D eigenvalue weighted by Crippen LogP contribution is 2.66. The van der Waals surface area contributed by atoms with Crippen molar-refractivity contribution in [2.24, 2.45) is 34.5 Å². The summed E-state index contributed by atoms with van der Waals surface area (Å²) < 4.78 is 0. The van der Waals surface area contributed by atoms with E-state index in [0.29, 0.717) is 29.5 Å². The molecule has 0 spiro atoms. The molecule has 4 aliphatic rings. The Morgan fingerprint density at radius 2 is 1.86 bits per heavy atom. The number of hydrogen-bond acceptors (Lipinski definition) is 2. The molecule has 28 heavy (non-hydrogen) atoms. The molecule has 0 aliphatic heterocycles. The first-order chi connectivity index (χ1) is 13.4. The number of fused-ring (bicyclic) bond motifs is 5. The van der Waals surface area contributed by atoms with Gasteiger partial charge in [0.2, 0.25) is 0 Å². The van der Waals surface area contributed by atoms with Crippen LogP contribution in [0.2, 0.25) is 0 Å². The van der Waals surface area contributed by atoms with Crippen molar-refractivity contribution < 1.29 is 9.90 Å². The van der Waals surface area contributed by atoms with E-state index in [0.717, 1.165) is 38.5 Å². The molecule has 5 rings (SSSR count). The summed E-state index contributed by atoms with van der Waals surface area (Å²) in [5.74, 6) is 2.90. The first kappa shape index (κ1) is 18.6. The average molecular weight is 379 g/mol. The fourth-order valence-corrected chi connectivity index (χ4v) is 7.94. The van der Waals surface area contributed by atoms with Gasteiger partial charge in [0.05, 0.1) is 6.10 Å². The number of allylic oxidation sites excluding steroid dienone is 1. The van der Waals surface area contributed by atoms with Crippen molar-refractivity contribution in [1.82, 2.24) is 0 Å². The number of aliphatic hydroxyl groups excluding tert-OH is 1. The molecule has 2 nitrogen and oxygen atoms in total. The number of aliphatic hydroxyl groups is 1. The van der Waals surface area contributed by atoms with E-state index < -0.39 is 0 Å². The molecule has 3 fully saturated rings. The normalized spacial score (nSPS) is 45.0. The van der Waals surface area contributed by atoms with E-state index in [9.17, 15) is 9.90 Å². The Labute approximate surface area is 169 Å². The van der Waals surface area contributed by atoms with Gasteiger partial charge in [-0.3, -0.25) is 4.79 Å². The Morgan fingerprint density at radius 1 is 1.07 bits per heavy atom. The zero-order chi connectivity index (χ0) is 19.5. The molecule has 3 saturated carbocycles. The maximum absolute atomic E-state index is 12.0. The van der Waals surface area contributed by atoms with Gasteiger partial charge in [0, 0.05) is 6.42 Å². The van der Waals surface area contributed by atoms with Crippen LogP contribution in [0, 0.1) is 34.5 Å². The minimum Gasteiger partial charge on any atom is -0.393 e. The largest absolute Gasteiger partial charge is 0.393 e. The van der Waals surface area contributed by atoms with Crippen molar-refractivity contribution in [1.29, 1.82) is 0 Å². The molecular weight excluding hydrogens is 344 g/mol. The van der Waals surface area contributed by atoms with E-state index in [1.165, 1.54) is 24.0 Å². The summed E-state index contributed by atoms with van der Waals surface area (Å²) in [7, 11) is 0. The van der Waals surface area contributed by atoms with Crippen LogP contribution in [0.4, 0.5) is 0 Å². The fraction of sp³-hybridized carbons (Fsp3) is 0.654. The van der Waals surface area contributed by atoms with Crippen LogP contribution in [-0.4, -0.2) is 17.0 Å². The molecule has 0 amide bonds. The lowest BCUT2D eigenvalue weighted by molar-refractivity contribution is -0.118. The van der Waals surface area contributed by atoms with Gasteiger partial charge >= 0.3 is 0 Å². The summed E-state index contributed by atoms with van der Waals surface area (Å²) >= 11 is 0. The smallest absolute Gasteiger partial charge is 0.155 e. The molecule has 7 atom stereocenters. The van der Waals surface area contributed by atoms with Gasteiger partial charge in [0.25, 0.3) is 0 Å². The van der Waals surface area contributed by atoms with E-state index in [-0.39, 0.29) is 16.9 Å². The summed E-state index contributed by atoms with van der Waals surface area (Å²) in [6.45, 7) is 4.82. The maximum atomic E-state index is 12.0. The number of carbonyl (C=O) groups excluding carboxylic acids is 1. The van der Waals surface area contributed by atoms with Crippen molar-refractivity contribution in [3.05, 3.63) is 47.5 Å². The Morgan fingerprint density at radius 3 is 2.64 bits per heavy atom. The predicted molar refractivity (Wildman–Crippen MR) is 112 cm³/mol. The summed E-state index contributed by atoms with van der Waals surface area (Å²) in [5, 5.41) is 11.1. The Hall–Kier alpha value is -1.41. The third-order valence-electron chi connectivity index (χ3n) is 9.39. The van der Waals surface area contributed by atoms with Gasteiger partial charge in [0.1, 0.15) is 0 Å². The Bertz CT molecular complexity index is 796. The van der Waals surface area contributed by atoms with Crippen LogP contribution < -0.4 is 0 Å². The molecule has 0 saturated heterocycles. The SMILES string of the molecule is C[C@]12CC[C@H]3[C@@H](CCC4=CC(=O)CC[C@@]43C)[C@@H]1C(Cc1ccccc1)C[C@@H]2O. The Kier molecular flexibility index (Phi) is 4.36. The van der Waals surface area contributed by atoms with Crippen LogP contribution in [0.25, 0.3) is 0 Å². The van der Waals surface area contributed by atoms with Gasteiger partial charge in [-0.2, -0.15) is 0 Å². The predicted octanol–water partition coefficient (Wildman–Crippen LogP) is 5.35. The number of ketones is 1. The van der Waals surface area contributed by atoms with E-state index in [1.54, 1.807) is 0 Å². The lowest BCUT2D eigenvalue weighted by Gasteiger charge is -2.58. The quantitative estimate of drug-likeness (QED) is 0.753. The summed E-state index contributed by atoms with van der Waals surface area (Å²) in [6.07, 6.45) is 10.3. The molecule has 0 heterocycles. The van der Waals surface area contributed by atoms with E-state index in [2.05, 4.69) is 44.2 Å². The molecule has 0 bridgehead atoms. The second kappa shape index (κ2) is 6.55. The molecule has 0 aromatic heterocycles. The zero-order valence-corrected chi connectivity index (χ0v) is 17.4. The van der Waals surface area contributed by atoms with Crippen molar-refractivity contribution in [3.63, 3.8) is 0 Å². The molecule has 1 N–H and O–H groups in total. The molecule has 1 aromatic rings. The molecule has 4 aliphatic carbocycles. The van der Waals surface area contributed by atoms with Crippen LogP contribution >= 0.6 is 0 Å². The van der Waals surface area contributed by atoms with Crippen LogP contribution in [0.3, 0.4) is 0 Å². The molecule has 0 radical (unpaired) electrons. The topological polar surface area (TPSA) is 37.3 Å².